The summed E-state index contributed by atoms with van der Waals surface area (Å²) in [7, 11) is 1.66. The summed E-state index contributed by atoms with van der Waals surface area (Å²) in [5.41, 5.74) is 0.321. The van der Waals surface area contributed by atoms with Crippen LogP contribution in [0.5, 0.6) is 0 Å². The molecule has 0 saturated carbocycles. The second kappa shape index (κ2) is 5.94. The average molecular weight is 206 g/mol. The van der Waals surface area contributed by atoms with E-state index in [1.807, 2.05) is 13.0 Å². The molecule has 0 radical (unpaired) electrons. The standard InChI is InChI=1S/C10H14N4O/c1-8(3-6-15-2)14-10-9(7-11)12-4-5-13-10/h4-5,8H,3,6H2,1-2H3,(H,13,14). The van der Waals surface area contributed by atoms with E-state index in [0.717, 1.165) is 6.42 Å². The van der Waals surface area contributed by atoms with Gasteiger partial charge >= 0.3 is 0 Å². The topological polar surface area (TPSA) is 70.8 Å². The number of nitrogens with zero attached hydrogens (tertiary/aromatic N) is 3. The monoisotopic (exact) mass is 206 g/mol. The Bertz CT molecular complexity index is 348. The van der Waals surface area contributed by atoms with E-state index in [1.54, 1.807) is 13.3 Å². The van der Waals surface area contributed by atoms with Crippen molar-refractivity contribution in [2.45, 2.75) is 19.4 Å². The van der Waals surface area contributed by atoms with Crippen LogP contribution in [0.1, 0.15) is 19.0 Å². The SMILES string of the molecule is COCCC(C)Nc1nccnc1C#N. The van der Waals surface area contributed by atoms with E-state index in [0.29, 0.717) is 18.1 Å². The fourth-order valence-corrected chi connectivity index (χ4v) is 1.13. The molecule has 1 aromatic heterocycles. The molecule has 0 aromatic carbocycles. The summed E-state index contributed by atoms with van der Waals surface area (Å²) in [6.07, 6.45) is 3.92. The van der Waals surface area contributed by atoms with Crippen LogP contribution in [0.25, 0.3) is 0 Å². The van der Waals surface area contributed by atoms with Gasteiger partial charge in [0, 0.05) is 32.2 Å². The summed E-state index contributed by atoms with van der Waals surface area (Å²) in [5, 5.41) is 11.9. The van der Waals surface area contributed by atoms with Crippen LogP contribution in [0, 0.1) is 11.3 Å². The van der Waals surface area contributed by atoms with Crippen LogP contribution in [0.3, 0.4) is 0 Å². The summed E-state index contributed by atoms with van der Waals surface area (Å²) in [4.78, 5) is 7.97. The summed E-state index contributed by atoms with van der Waals surface area (Å²) >= 11 is 0. The number of ether oxygens (including phenoxy) is 1. The van der Waals surface area contributed by atoms with Crippen LogP contribution in [0.2, 0.25) is 0 Å². The maximum absolute atomic E-state index is 8.79. The molecule has 1 heterocycles. The lowest BCUT2D eigenvalue weighted by molar-refractivity contribution is 0.191. The fraction of sp³-hybridized carbons (Fsp3) is 0.500. The molecule has 1 N–H and O–H groups in total. The Morgan fingerprint density at radius 1 is 1.53 bits per heavy atom. The molecule has 15 heavy (non-hydrogen) atoms. The zero-order valence-corrected chi connectivity index (χ0v) is 8.90. The molecule has 0 aliphatic carbocycles. The minimum atomic E-state index is 0.203. The van der Waals surface area contributed by atoms with Crippen molar-refractivity contribution in [1.29, 1.82) is 5.26 Å². The highest BCUT2D eigenvalue weighted by Gasteiger charge is 2.07. The Kier molecular flexibility index (Phi) is 4.51. The number of nitriles is 1. The van der Waals surface area contributed by atoms with E-state index in [4.69, 9.17) is 10.00 Å². The molecule has 0 aliphatic heterocycles. The summed E-state index contributed by atoms with van der Waals surface area (Å²) in [5.74, 6) is 0.531. The van der Waals surface area contributed by atoms with Crippen molar-refractivity contribution in [3.05, 3.63) is 18.1 Å². The van der Waals surface area contributed by atoms with Gasteiger partial charge in [-0.3, -0.25) is 0 Å². The molecule has 0 amide bonds. The second-order valence-electron chi connectivity index (χ2n) is 3.19. The normalized spacial score (nSPS) is 11.8. The molecule has 1 unspecified atom stereocenters. The van der Waals surface area contributed by atoms with Crippen molar-refractivity contribution < 1.29 is 4.74 Å². The van der Waals surface area contributed by atoms with Crippen molar-refractivity contribution in [3.8, 4) is 6.07 Å². The van der Waals surface area contributed by atoms with Gasteiger partial charge in [0.1, 0.15) is 6.07 Å². The van der Waals surface area contributed by atoms with Gasteiger partial charge in [0.25, 0.3) is 0 Å². The van der Waals surface area contributed by atoms with Crippen molar-refractivity contribution in [2.75, 3.05) is 19.0 Å². The quantitative estimate of drug-likeness (QED) is 0.783. The largest absolute Gasteiger partial charge is 0.385 e. The van der Waals surface area contributed by atoms with Crippen LogP contribution >= 0.6 is 0 Å². The number of methoxy groups -OCH3 is 1. The molecular formula is C10H14N4O. The van der Waals surface area contributed by atoms with E-state index >= 15 is 0 Å². The van der Waals surface area contributed by atoms with Crippen LogP contribution in [-0.2, 0) is 4.74 Å². The molecule has 80 valence electrons. The highest BCUT2D eigenvalue weighted by Crippen LogP contribution is 2.09. The smallest absolute Gasteiger partial charge is 0.182 e. The van der Waals surface area contributed by atoms with Crippen LogP contribution < -0.4 is 5.32 Å². The Labute approximate surface area is 89.1 Å². The molecule has 0 aliphatic rings. The first kappa shape index (κ1) is 11.4. The minimum absolute atomic E-state index is 0.203. The summed E-state index contributed by atoms with van der Waals surface area (Å²) in [6, 6.07) is 2.19. The number of anilines is 1. The lowest BCUT2D eigenvalue weighted by atomic mass is 10.2. The molecule has 0 fully saturated rings. The van der Waals surface area contributed by atoms with Gasteiger partial charge in [-0.2, -0.15) is 5.26 Å². The lowest BCUT2D eigenvalue weighted by Crippen LogP contribution is -2.19. The first-order valence-electron chi connectivity index (χ1n) is 4.74. The van der Waals surface area contributed by atoms with E-state index < -0.39 is 0 Å². The summed E-state index contributed by atoms with van der Waals surface area (Å²) in [6.45, 7) is 2.69. The number of hydrogen-bond donors (Lipinski definition) is 1. The predicted molar refractivity (Wildman–Crippen MR) is 56.3 cm³/mol. The molecule has 0 bridgehead atoms. The van der Waals surface area contributed by atoms with Crippen LogP contribution in [0.15, 0.2) is 12.4 Å². The highest BCUT2D eigenvalue weighted by atomic mass is 16.5. The van der Waals surface area contributed by atoms with E-state index in [1.165, 1.54) is 6.20 Å². The average Bonchev–Trinajstić information content (AvgIpc) is 2.27. The molecule has 0 spiro atoms. The Morgan fingerprint density at radius 2 is 2.27 bits per heavy atom. The molecule has 0 saturated heterocycles. The number of nitrogens with one attached hydrogen (secondary N) is 1. The number of aromatic nitrogens is 2. The summed E-state index contributed by atoms with van der Waals surface area (Å²) < 4.78 is 4.97. The van der Waals surface area contributed by atoms with Crippen molar-refractivity contribution in [2.24, 2.45) is 0 Å². The van der Waals surface area contributed by atoms with Gasteiger partial charge in [-0.05, 0) is 13.3 Å². The molecule has 1 aromatic rings. The van der Waals surface area contributed by atoms with Gasteiger partial charge in [0.15, 0.2) is 11.5 Å². The third kappa shape index (κ3) is 3.52. The van der Waals surface area contributed by atoms with Crippen molar-refractivity contribution in [1.82, 2.24) is 9.97 Å². The van der Waals surface area contributed by atoms with Gasteiger partial charge in [0.05, 0.1) is 0 Å². The molecule has 1 rings (SSSR count). The number of hydrogen-bond acceptors (Lipinski definition) is 5. The van der Waals surface area contributed by atoms with Crippen LogP contribution in [0.4, 0.5) is 5.82 Å². The van der Waals surface area contributed by atoms with Crippen molar-refractivity contribution in [3.63, 3.8) is 0 Å². The van der Waals surface area contributed by atoms with E-state index in [2.05, 4.69) is 15.3 Å². The minimum Gasteiger partial charge on any atom is -0.385 e. The third-order valence-electron chi connectivity index (χ3n) is 1.94. The third-order valence-corrected chi connectivity index (χ3v) is 1.94. The zero-order chi connectivity index (χ0) is 11.1. The maximum Gasteiger partial charge on any atom is 0.182 e. The highest BCUT2D eigenvalue weighted by molar-refractivity contribution is 5.47. The molecule has 5 heteroatoms. The molecule has 5 nitrogen and oxygen atoms in total. The van der Waals surface area contributed by atoms with Crippen LogP contribution in [-0.4, -0.2) is 29.7 Å². The lowest BCUT2D eigenvalue weighted by Gasteiger charge is -2.13. The van der Waals surface area contributed by atoms with Gasteiger partial charge in [-0.25, -0.2) is 9.97 Å². The van der Waals surface area contributed by atoms with Gasteiger partial charge in [-0.15, -0.1) is 0 Å². The fourth-order valence-electron chi connectivity index (χ4n) is 1.13. The van der Waals surface area contributed by atoms with E-state index in [9.17, 15) is 0 Å². The number of rotatable bonds is 5. The predicted octanol–water partition coefficient (Wildman–Crippen LogP) is 1.19. The van der Waals surface area contributed by atoms with Gasteiger partial charge in [-0.1, -0.05) is 0 Å². The first-order valence-corrected chi connectivity index (χ1v) is 4.74. The van der Waals surface area contributed by atoms with Crippen molar-refractivity contribution >= 4 is 5.82 Å². The second-order valence-corrected chi connectivity index (χ2v) is 3.19. The molecular weight excluding hydrogens is 192 g/mol. The Hall–Kier alpha value is -1.67. The first-order chi connectivity index (χ1) is 7.27. The maximum atomic E-state index is 8.79. The Balaban J connectivity index is 2.60. The van der Waals surface area contributed by atoms with E-state index in [-0.39, 0.29) is 6.04 Å². The van der Waals surface area contributed by atoms with Gasteiger partial charge < -0.3 is 10.1 Å². The Morgan fingerprint density at radius 3 is 2.93 bits per heavy atom. The molecule has 1 atom stereocenters. The van der Waals surface area contributed by atoms with Gasteiger partial charge in [0.2, 0.25) is 0 Å². The zero-order valence-electron chi connectivity index (χ0n) is 8.90.